The van der Waals surface area contributed by atoms with Crippen LogP contribution in [0.25, 0.3) is 0 Å². The zero-order valence-electron chi connectivity index (χ0n) is 13.2. The van der Waals surface area contributed by atoms with Crippen molar-refractivity contribution in [2.24, 2.45) is 5.92 Å². The monoisotopic (exact) mass is 267 g/mol. The first-order chi connectivity index (χ1) is 9.15. The van der Waals surface area contributed by atoms with E-state index in [1.165, 1.54) is 57.8 Å². The van der Waals surface area contributed by atoms with Crippen molar-refractivity contribution in [2.45, 2.75) is 96.3 Å². The van der Waals surface area contributed by atoms with Crippen molar-refractivity contribution < 1.29 is 4.74 Å². The number of nitrogens with one attached hydrogen (secondary N) is 1. The predicted molar refractivity (Wildman–Crippen MR) is 81.5 cm³/mol. The third kappa shape index (κ3) is 4.19. The first-order valence-electron chi connectivity index (χ1n) is 8.56. The molecule has 2 nitrogen and oxygen atoms in total. The molecule has 1 aliphatic heterocycles. The van der Waals surface area contributed by atoms with Gasteiger partial charge in [0.05, 0.1) is 11.7 Å². The summed E-state index contributed by atoms with van der Waals surface area (Å²) in [7, 11) is 0. The molecular formula is C17H33NO. The standard InChI is InChI=1S/C17H33NO/c1-4-18-16(14(2)3)9-8-15-10-13-17(19-15)11-6-5-7-12-17/h14-16,18H,4-13H2,1-3H3. The highest BCUT2D eigenvalue weighted by molar-refractivity contribution is 4.91. The van der Waals surface area contributed by atoms with Gasteiger partial charge in [-0.2, -0.15) is 0 Å². The summed E-state index contributed by atoms with van der Waals surface area (Å²) in [5.41, 5.74) is 0.300. The van der Waals surface area contributed by atoms with Crippen LogP contribution in [0.5, 0.6) is 0 Å². The molecule has 2 atom stereocenters. The molecule has 1 heterocycles. The van der Waals surface area contributed by atoms with Gasteiger partial charge in [-0.1, -0.05) is 40.0 Å². The molecule has 1 aliphatic carbocycles. The average Bonchev–Trinajstić information content (AvgIpc) is 2.78. The van der Waals surface area contributed by atoms with E-state index in [1.54, 1.807) is 0 Å². The van der Waals surface area contributed by atoms with Crippen molar-refractivity contribution in [3.05, 3.63) is 0 Å². The summed E-state index contributed by atoms with van der Waals surface area (Å²) in [6.07, 6.45) is 12.5. The molecule has 2 unspecified atom stereocenters. The molecule has 0 radical (unpaired) electrons. The Bertz CT molecular complexity index is 258. The van der Waals surface area contributed by atoms with Gasteiger partial charge in [-0.05, 0) is 51.0 Å². The van der Waals surface area contributed by atoms with E-state index in [0.717, 1.165) is 12.5 Å². The lowest BCUT2D eigenvalue weighted by Gasteiger charge is -2.33. The molecule has 2 heteroatoms. The highest BCUT2D eigenvalue weighted by Gasteiger charge is 2.40. The summed E-state index contributed by atoms with van der Waals surface area (Å²) in [6, 6.07) is 0.663. The topological polar surface area (TPSA) is 21.3 Å². The zero-order chi connectivity index (χ0) is 13.7. The molecule has 0 amide bonds. The lowest BCUT2D eigenvalue weighted by molar-refractivity contribution is -0.0668. The van der Waals surface area contributed by atoms with Crippen LogP contribution in [-0.4, -0.2) is 24.3 Å². The molecule has 0 aromatic carbocycles. The molecule has 1 N–H and O–H groups in total. The Hall–Kier alpha value is -0.0800. The minimum atomic E-state index is 0.300. The molecule has 1 saturated heterocycles. The first kappa shape index (κ1) is 15.3. The highest BCUT2D eigenvalue weighted by atomic mass is 16.5. The quantitative estimate of drug-likeness (QED) is 0.775. The fourth-order valence-electron chi connectivity index (χ4n) is 3.96. The lowest BCUT2D eigenvalue weighted by Crippen LogP contribution is -2.35. The molecule has 0 aromatic heterocycles. The van der Waals surface area contributed by atoms with Crippen molar-refractivity contribution in [1.29, 1.82) is 0 Å². The van der Waals surface area contributed by atoms with E-state index in [-0.39, 0.29) is 0 Å². The van der Waals surface area contributed by atoms with Gasteiger partial charge >= 0.3 is 0 Å². The molecular weight excluding hydrogens is 234 g/mol. The van der Waals surface area contributed by atoms with Crippen molar-refractivity contribution >= 4 is 0 Å². The third-order valence-electron chi connectivity index (χ3n) is 5.17. The Balaban J connectivity index is 1.75. The molecule has 0 aromatic rings. The van der Waals surface area contributed by atoms with Crippen LogP contribution in [0.2, 0.25) is 0 Å². The van der Waals surface area contributed by atoms with E-state index in [0.29, 0.717) is 17.7 Å². The van der Waals surface area contributed by atoms with Crippen LogP contribution < -0.4 is 5.32 Å². The third-order valence-corrected chi connectivity index (χ3v) is 5.17. The van der Waals surface area contributed by atoms with Crippen LogP contribution in [0.15, 0.2) is 0 Å². The van der Waals surface area contributed by atoms with E-state index in [4.69, 9.17) is 4.74 Å². The number of hydrogen-bond donors (Lipinski definition) is 1. The van der Waals surface area contributed by atoms with Crippen LogP contribution in [0.4, 0.5) is 0 Å². The lowest BCUT2D eigenvalue weighted by atomic mass is 9.83. The molecule has 2 fully saturated rings. The summed E-state index contributed by atoms with van der Waals surface area (Å²) in [6.45, 7) is 7.94. The van der Waals surface area contributed by atoms with Crippen molar-refractivity contribution in [2.75, 3.05) is 6.54 Å². The molecule has 0 bridgehead atoms. The fourth-order valence-corrected chi connectivity index (χ4v) is 3.96. The van der Waals surface area contributed by atoms with Gasteiger partial charge in [-0.15, -0.1) is 0 Å². The van der Waals surface area contributed by atoms with E-state index in [1.807, 2.05) is 0 Å². The second-order valence-electron chi connectivity index (χ2n) is 7.01. The van der Waals surface area contributed by atoms with Crippen LogP contribution >= 0.6 is 0 Å². The van der Waals surface area contributed by atoms with Gasteiger partial charge in [0.15, 0.2) is 0 Å². The summed E-state index contributed by atoms with van der Waals surface area (Å²) >= 11 is 0. The Labute approximate surface area is 119 Å². The number of hydrogen-bond acceptors (Lipinski definition) is 2. The normalized spacial score (nSPS) is 28.1. The SMILES string of the molecule is CCNC(CCC1CCC2(CCCCC2)O1)C(C)C. The minimum Gasteiger partial charge on any atom is -0.372 e. The average molecular weight is 267 g/mol. The van der Waals surface area contributed by atoms with Gasteiger partial charge < -0.3 is 10.1 Å². The summed E-state index contributed by atoms with van der Waals surface area (Å²) < 4.78 is 6.47. The largest absolute Gasteiger partial charge is 0.372 e. The maximum atomic E-state index is 6.47. The molecule has 1 spiro atoms. The van der Waals surface area contributed by atoms with Gasteiger partial charge in [0.25, 0.3) is 0 Å². The first-order valence-corrected chi connectivity index (χ1v) is 8.56. The van der Waals surface area contributed by atoms with Crippen LogP contribution in [-0.2, 0) is 4.74 Å². The minimum absolute atomic E-state index is 0.300. The Morgan fingerprint density at radius 3 is 2.53 bits per heavy atom. The van der Waals surface area contributed by atoms with Crippen molar-refractivity contribution in [1.82, 2.24) is 5.32 Å². The maximum Gasteiger partial charge on any atom is 0.0687 e. The molecule has 112 valence electrons. The summed E-state index contributed by atoms with van der Waals surface area (Å²) in [5.74, 6) is 0.727. The predicted octanol–water partition coefficient (Wildman–Crippen LogP) is 4.28. The highest BCUT2D eigenvalue weighted by Crippen LogP contribution is 2.42. The van der Waals surface area contributed by atoms with E-state index in [9.17, 15) is 0 Å². The van der Waals surface area contributed by atoms with Crippen LogP contribution in [0.3, 0.4) is 0 Å². The van der Waals surface area contributed by atoms with Crippen LogP contribution in [0.1, 0.15) is 78.6 Å². The van der Waals surface area contributed by atoms with E-state index in [2.05, 4.69) is 26.1 Å². The van der Waals surface area contributed by atoms with Gasteiger partial charge in [0.2, 0.25) is 0 Å². The van der Waals surface area contributed by atoms with E-state index >= 15 is 0 Å². The molecule has 2 rings (SSSR count). The molecule has 1 saturated carbocycles. The Morgan fingerprint density at radius 2 is 1.89 bits per heavy atom. The van der Waals surface area contributed by atoms with Gasteiger partial charge in [0.1, 0.15) is 0 Å². The van der Waals surface area contributed by atoms with Gasteiger partial charge in [-0.3, -0.25) is 0 Å². The maximum absolute atomic E-state index is 6.47. The molecule has 2 aliphatic rings. The number of ether oxygens (including phenoxy) is 1. The van der Waals surface area contributed by atoms with Crippen molar-refractivity contribution in [3.63, 3.8) is 0 Å². The Morgan fingerprint density at radius 1 is 1.16 bits per heavy atom. The summed E-state index contributed by atoms with van der Waals surface area (Å²) in [5, 5.41) is 3.62. The number of rotatable bonds is 6. The van der Waals surface area contributed by atoms with E-state index < -0.39 is 0 Å². The second-order valence-corrected chi connectivity index (χ2v) is 7.01. The Kier molecular flexibility index (Phi) is 5.70. The smallest absolute Gasteiger partial charge is 0.0687 e. The second kappa shape index (κ2) is 7.08. The zero-order valence-corrected chi connectivity index (χ0v) is 13.2. The fraction of sp³-hybridized carbons (Fsp3) is 1.00. The molecule has 19 heavy (non-hydrogen) atoms. The van der Waals surface area contributed by atoms with Crippen molar-refractivity contribution in [3.8, 4) is 0 Å². The van der Waals surface area contributed by atoms with Crippen LogP contribution in [0, 0.1) is 5.92 Å². The van der Waals surface area contributed by atoms with Gasteiger partial charge in [-0.25, -0.2) is 0 Å². The summed E-state index contributed by atoms with van der Waals surface area (Å²) in [4.78, 5) is 0. The van der Waals surface area contributed by atoms with Gasteiger partial charge in [0, 0.05) is 6.04 Å².